The van der Waals surface area contributed by atoms with Crippen molar-refractivity contribution in [1.82, 2.24) is 10.3 Å². The summed E-state index contributed by atoms with van der Waals surface area (Å²) in [7, 11) is 0. The first-order valence-electron chi connectivity index (χ1n) is 1.88. The molecule has 0 saturated carbocycles. The molecule has 3 heteroatoms. The number of carbonyl (C=O) groups excluding carboxylic acids is 1. The maximum Gasteiger partial charge on any atom is 0.335 e. The third-order valence-electron chi connectivity index (χ3n) is 0.593. The SMILES string of the molecule is O=C1C=C[N+]=CN1. The van der Waals surface area contributed by atoms with Crippen LogP contribution in [0.4, 0.5) is 0 Å². The Bertz CT molecular complexity index is 137. The van der Waals surface area contributed by atoms with Gasteiger partial charge < -0.3 is 0 Å². The van der Waals surface area contributed by atoms with Gasteiger partial charge in [-0.25, -0.2) is 10.1 Å². The molecule has 3 nitrogen and oxygen atoms in total. The topological polar surface area (TPSA) is 43.2 Å². The summed E-state index contributed by atoms with van der Waals surface area (Å²) < 4.78 is 0. The van der Waals surface area contributed by atoms with Gasteiger partial charge in [-0.2, -0.15) is 0 Å². The molecule has 7 heavy (non-hydrogen) atoms. The van der Waals surface area contributed by atoms with Crippen LogP contribution in [-0.4, -0.2) is 12.2 Å². The standard InChI is InChI=1S/C4H4N2O/c7-4-1-2-5-3-6-4/h1-3H,(H,6,7)/q+1. The molecule has 0 aromatic heterocycles. The summed E-state index contributed by atoms with van der Waals surface area (Å²) in [5.74, 6) is -0.116. The van der Waals surface area contributed by atoms with Crippen molar-refractivity contribution in [2.24, 2.45) is 0 Å². The Kier molecular flexibility index (Phi) is 0.898. The summed E-state index contributed by atoms with van der Waals surface area (Å²) in [5.41, 5.74) is 0. The Hall–Kier alpha value is -1.12. The number of carbonyl (C=O) groups is 1. The van der Waals surface area contributed by atoms with Crippen LogP contribution < -0.4 is 10.3 Å². The van der Waals surface area contributed by atoms with Gasteiger partial charge in [-0.1, -0.05) is 4.99 Å². The minimum Gasteiger partial charge on any atom is -0.242 e. The molecule has 0 aliphatic carbocycles. The van der Waals surface area contributed by atoms with Gasteiger partial charge in [-0.05, 0) is 0 Å². The molecule has 1 aliphatic heterocycles. The highest BCUT2D eigenvalue weighted by Gasteiger charge is 2.00. The van der Waals surface area contributed by atoms with Gasteiger partial charge in [0, 0.05) is 0 Å². The summed E-state index contributed by atoms with van der Waals surface area (Å²) in [4.78, 5) is 13.8. The smallest absolute Gasteiger partial charge is 0.242 e. The maximum absolute atomic E-state index is 10.2. The molecule has 1 rings (SSSR count). The molecular formula is C4H4N2O+. The van der Waals surface area contributed by atoms with Crippen LogP contribution in [0.3, 0.4) is 0 Å². The molecule has 0 fully saturated rings. The van der Waals surface area contributed by atoms with Crippen molar-refractivity contribution in [3.63, 3.8) is 0 Å². The predicted octanol–water partition coefficient (Wildman–Crippen LogP) is -1.01. The molecule has 1 N–H and O–H groups in total. The summed E-state index contributed by atoms with van der Waals surface area (Å²) >= 11 is 0. The third kappa shape index (κ3) is 0.855. The van der Waals surface area contributed by atoms with Crippen molar-refractivity contribution in [3.8, 4) is 0 Å². The second kappa shape index (κ2) is 1.55. The quantitative estimate of drug-likeness (QED) is 0.412. The number of rotatable bonds is 0. The van der Waals surface area contributed by atoms with Crippen molar-refractivity contribution >= 4 is 12.2 Å². The molecule has 1 amide bonds. The highest BCUT2D eigenvalue weighted by molar-refractivity contribution is 5.96. The molecular weight excluding hydrogens is 92.1 g/mol. The third-order valence-corrected chi connectivity index (χ3v) is 0.593. The number of nitrogens with one attached hydrogen (secondary N) is 1. The van der Waals surface area contributed by atoms with E-state index in [4.69, 9.17) is 0 Å². The van der Waals surface area contributed by atoms with Crippen LogP contribution in [0.5, 0.6) is 0 Å². The van der Waals surface area contributed by atoms with E-state index in [0.717, 1.165) is 0 Å². The van der Waals surface area contributed by atoms with Crippen molar-refractivity contribution in [1.29, 1.82) is 0 Å². The lowest BCUT2D eigenvalue weighted by Gasteiger charge is -1.81. The van der Waals surface area contributed by atoms with Crippen molar-refractivity contribution in [2.75, 3.05) is 0 Å². The molecule has 0 saturated heterocycles. The lowest BCUT2D eigenvalue weighted by Crippen LogP contribution is -2.23. The summed E-state index contributed by atoms with van der Waals surface area (Å²) in [6.45, 7) is 0. The predicted molar refractivity (Wildman–Crippen MR) is 25.5 cm³/mol. The average Bonchev–Trinajstić information content (AvgIpc) is 1.69. The molecule has 35 valence electrons. The number of nitrogens with zero attached hydrogens (tertiary/aromatic N) is 1. The van der Waals surface area contributed by atoms with Gasteiger partial charge in [0.1, 0.15) is 6.20 Å². The monoisotopic (exact) mass is 96.0 g/mol. The van der Waals surface area contributed by atoms with Gasteiger partial charge in [0.15, 0.2) is 0 Å². The van der Waals surface area contributed by atoms with E-state index in [2.05, 4.69) is 10.3 Å². The van der Waals surface area contributed by atoms with E-state index in [1.54, 1.807) is 0 Å². The molecule has 1 heterocycles. The second-order valence-electron chi connectivity index (χ2n) is 1.10. The summed E-state index contributed by atoms with van der Waals surface area (Å²) in [6, 6.07) is 0. The average molecular weight is 96.1 g/mol. The van der Waals surface area contributed by atoms with Crippen molar-refractivity contribution in [3.05, 3.63) is 12.3 Å². The van der Waals surface area contributed by atoms with Crippen LogP contribution in [0.1, 0.15) is 0 Å². The second-order valence-corrected chi connectivity index (χ2v) is 1.10. The number of hydrogen-bond donors (Lipinski definition) is 1. The van der Waals surface area contributed by atoms with Crippen LogP contribution in [-0.2, 0) is 4.79 Å². The minimum atomic E-state index is -0.116. The number of aliphatic imine (C=N–C) groups is 1. The summed E-state index contributed by atoms with van der Waals surface area (Å²) in [6.07, 6.45) is 4.15. The van der Waals surface area contributed by atoms with E-state index in [-0.39, 0.29) is 5.91 Å². The van der Waals surface area contributed by atoms with Gasteiger partial charge in [-0.3, -0.25) is 0 Å². The molecule has 0 unspecified atom stereocenters. The number of hydrogen-bond acceptors (Lipinski definition) is 2. The zero-order valence-corrected chi connectivity index (χ0v) is 3.59. The highest BCUT2D eigenvalue weighted by Crippen LogP contribution is 1.69. The van der Waals surface area contributed by atoms with E-state index in [1.165, 1.54) is 18.6 Å². The van der Waals surface area contributed by atoms with Gasteiger partial charge in [0.2, 0.25) is 0 Å². The van der Waals surface area contributed by atoms with E-state index in [9.17, 15) is 4.79 Å². The van der Waals surface area contributed by atoms with Crippen LogP contribution in [0.15, 0.2) is 12.3 Å². The fourth-order valence-electron chi connectivity index (χ4n) is 0.303. The van der Waals surface area contributed by atoms with E-state index >= 15 is 0 Å². The Morgan fingerprint density at radius 1 is 1.71 bits per heavy atom. The molecule has 0 bridgehead atoms. The largest absolute Gasteiger partial charge is 0.335 e. The van der Waals surface area contributed by atoms with E-state index < -0.39 is 0 Å². The van der Waals surface area contributed by atoms with Gasteiger partial charge >= 0.3 is 5.91 Å². The van der Waals surface area contributed by atoms with Crippen molar-refractivity contribution < 1.29 is 4.79 Å². The van der Waals surface area contributed by atoms with Crippen LogP contribution in [0.2, 0.25) is 0 Å². The molecule has 1 radical (unpaired) electrons. The molecule has 0 aromatic carbocycles. The van der Waals surface area contributed by atoms with Crippen molar-refractivity contribution in [2.45, 2.75) is 0 Å². The lowest BCUT2D eigenvalue weighted by atomic mass is 10.5. The fraction of sp³-hybridized carbons (Fsp3) is 0. The Labute approximate surface area is 40.7 Å². The van der Waals surface area contributed by atoms with E-state index in [0.29, 0.717) is 0 Å². The lowest BCUT2D eigenvalue weighted by molar-refractivity contribution is -0.115. The molecule has 1 aliphatic rings. The first kappa shape index (κ1) is 4.05. The summed E-state index contributed by atoms with van der Waals surface area (Å²) in [5, 5.41) is 2.36. The molecule has 0 atom stereocenters. The van der Waals surface area contributed by atoms with Gasteiger partial charge in [0.05, 0.1) is 6.08 Å². The van der Waals surface area contributed by atoms with Crippen LogP contribution >= 0.6 is 0 Å². The molecule has 0 spiro atoms. The first-order chi connectivity index (χ1) is 3.39. The normalized spacial score (nSPS) is 16.9. The fourth-order valence-corrected chi connectivity index (χ4v) is 0.303. The highest BCUT2D eigenvalue weighted by atomic mass is 16.1. The Morgan fingerprint density at radius 3 is 2.86 bits per heavy atom. The van der Waals surface area contributed by atoms with Gasteiger partial charge in [0.25, 0.3) is 6.34 Å². The molecule has 0 aromatic rings. The van der Waals surface area contributed by atoms with Crippen LogP contribution in [0.25, 0.3) is 0 Å². The zero-order chi connectivity index (χ0) is 5.11. The van der Waals surface area contributed by atoms with Gasteiger partial charge in [-0.15, -0.1) is 0 Å². The Balaban J connectivity index is 2.66. The van der Waals surface area contributed by atoms with E-state index in [1.807, 2.05) is 0 Å². The Morgan fingerprint density at radius 2 is 2.57 bits per heavy atom. The van der Waals surface area contributed by atoms with Crippen LogP contribution in [0, 0.1) is 0 Å². The minimum absolute atomic E-state index is 0.116. The first-order valence-corrected chi connectivity index (χ1v) is 1.88. The zero-order valence-electron chi connectivity index (χ0n) is 3.59. The number of amides is 1. The maximum atomic E-state index is 10.2.